The molecule has 12 heteroatoms. The molecule has 0 radical (unpaired) electrons. The van der Waals surface area contributed by atoms with Crippen LogP contribution < -0.4 is 14.8 Å². The Morgan fingerprint density at radius 2 is 2.00 bits per heavy atom. The Hall–Kier alpha value is -1.04. The number of benzene rings is 1. The van der Waals surface area contributed by atoms with E-state index >= 15 is 0 Å². The van der Waals surface area contributed by atoms with Crippen LogP contribution in [0.5, 0.6) is 5.75 Å². The van der Waals surface area contributed by atoms with E-state index in [0.29, 0.717) is 0 Å². The molecule has 1 amide bonds. The first-order chi connectivity index (χ1) is 10.4. The van der Waals surface area contributed by atoms with Crippen molar-refractivity contribution < 1.29 is 31.1 Å². The minimum absolute atomic E-state index is 0.195. The number of nitrogens with two attached hydrogens (primary N) is 1. The number of nitrogens with zero attached hydrogens (tertiary/aromatic N) is 1. The molecule has 1 aromatic rings. The van der Waals surface area contributed by atoms with Crippen LogP contribution in [0.4, 0.5) is 18.9 Å². The number of sulfonamides is 1. The van der Waals surface area contributed by atoms with Gasteiger partial charge in [-0.15, -0.1) is 13.2 Å². The Morgan fingerprint density at radius 3 is 2.48 bits per heavy atom. The summed E-state index contributed by atoms with van der Waals surface area (Å²) < 4.78 is 64.4. The van der Waals surface area contributed by atoms with Crippen LogP contribution in [0, 0.1) is 0 Å². The quantitative estimate of drug-likeness (QED) is 0.786. The smallest absolute Gasteiger partial charge is 0.403 e. The second-order valence-electron chi connectivity index (χ2n) is 4.70. The summed E-state index contributed by atoms with van der Waals surface area (Å²) in [5, 5.41) is 3.55. The lowest BCUT2D eigenvalue weighted by Gasteiger charge is -2.22. The molecule has 1 fully saturated rings. The highest BCUT2D eigenvalue weighted by Gasteiger charge is 2.41. The number of rotatable bonds is 3. The molecule has 0 aliphatic carbocycles. The lowest BCUT2D eigenvalue weighted by atomic mass is 10.2. The van der Waals surface area contributed by atoms with Gasteiger partial charge in [0.1, 0.15) is 10.9 Å². The minimum Gasteiger partial charge on any atom is -0.403 e. The Kier molecular flexibility index (Phi) is 4.86. The Bertz CT molecular complexity index is 756. The molecule has 1 aliphatic rings. The van der Waals surface area contributed by atoms with Crippen molar-refractivity contribution in [3.05, 3.63) is 21.6 Å². The molecule has 2 rings (SSSR count). The van der Waals surface area contributed by atoms with Crippen LogP contribution in [0.2, 0.25) is 5.02 Å². The third-order valence-electron chi connectivity index (χ3n) is 3.04. The summed E-state index contributed by atoms with van der Waals surface area (Å²) in [6.07, 6.45) is -5.46. The Labute approximate surface area is 142 Å². The molecule has 1 aliphatic heterocycles. The van der Waals surface area contributed by atoms with Gasteiger partial charge in [-0.2, -0.15) is 0 Å². The molecular formula is C11H9BrClF3N2O4S. The van der Waals surface area contributed by atoms with Crippen LogP contribution in [0.1, 0.15) is 6.42 Å². The largest absolute Gasteiger partial charge is 0.573 e. The highest BCUT2D eigenvalue weighted by atomic mass is 79.9. The van der Waals surface area contributed by atoms with Gasteiger partial charge in [0.05, 0.1) is 5.02 Å². The maximum Gasteiger partial charge on any atom is 0.573 e. The van der Waals surface area contributed by atoms with Crippen molar-refractivity contribution in [3.8, 4) is 5.75 Å². The first-order valence-electron chi connectivity index (χ1n) is 5.95. The van der Waals surface area contributed by atoms with Gasteiger partial charge < -0.3 is 9.64 Å². The zero-order valence-electron chi connectivity index (χ0n) is 11.1. The fraction of sp³-hybridized carbons (Fsp3) is 0.364. The highest BCUT2D eigenvalue weighted by Crippen LogP contribution is 2.43. The molecule has 0 aromatic heterocycles. The third kappa shape index (κ3) is 4.28. The average Bonchev–Trinajstić information content (AvgIpc) is 2.68. The van der Waals surface area contributed by atoms with E-state index in [4.69, 9.17) is 16.7 Å². The molecule has 1 unspecified atom stereocenters. The molecule has 1 aromatic carbocycles. The van der Waals surface area contributed by atoms with E-state index in [1.807, 2.05) is 0 Å². The molecular weight excluding hydrogens is 429 g/mol. The van der Waals surface area contributed by atoms with Crippen LogP contribution in [-0.2, 0) is 14.8 Å². The van der Waals surface area contributed by atoms with Gasteiger partial charge in [-0.1, -0.05) is 27.5 Å². The summed E-state index contributed by atoms with van der Waals surface area (Å²) >= 11 is 8.89. The summed E-state index contributed by atoms with van der Waals surface area (Å²) in [5.74, 6) is -1.44. The Morgan fingerprint density at radius 1 is 1.39 bits per heavy atom. The normalized spacial score (nSPS) is 19.3. The highest BCUT2D eigenvalue weighted by molar-refractivity contribution is 9.10. The topological polar surface area (TPSA) is 89.7 Å². The summed E-state index contributed by atoms with van der Waals surface area (Å²) in [7, 11) is -4.02. The molecule has 2 N–H and O–H groups in total. The number of carbonyl (C=O) groups is 1. The second-order valence-corrected chi connectivity index (χ2v) is 7.87. The summed E-state index contributed by atoms with van der Waals surface area (Å²) in [6, 6.07) is 2.24. The van der Waals surface area contributed by atoms with Gasteiger partial charge in [0, 0.05) is 17.4 Å². The molecule has 6 nitrogen and oxygen atoms in total. The molecule has 1 atom stereocenters. The molecule has 1 heterocycles. The van der Waals surface area contributed by atoms with Gasteiger partial charge in [0.2, 0.25) is 15.9 Å². The van der Waals surface area contributed by atoms with E-state index in [0.717, 1.165) is 11.0 Å². The van der Waals surface area contributed by atoms with E-state index < -0.39 is 46.3 Å². The summed E-state index contributed by atoms with van der Waals surface area (Å²) in [6.45, 7) is -0.409. The van der Waals surface area contributed by atoms with Gasteiger partial charge in [-0.3, -0.25) is 4.79 Å². The molecule has 23 heavy (non-hydrogen) atoms. The fourth-order valence-corrected chi connectivity index (χ4v) is 3.73. The number of ether oxygens (including phenoxy) is 1. The van der Waals surface area contributed by atoms with Crippen LogP contribution in [-0.4, -0.2) is 32.5 Å². The molecule has 0 saturated carbocycles. The summed E-state index contributed by atoms with van der Waals surface area (Å²) in [5.41, 5.74) is -0.358. The monoisotopic (exact) mass is 436 g/mol. The van der Waals surface area contributed by atoms with Crippen LogP contribution in [0.15, 0.2) is 16.6 Å². The van der Waals surface area contributed by atoms with Gasteiger partial charge in [0.25, 0.3) is 0 Å². The van der Waals surface area contributed by atoms with Crippen LogP contribution in [0.3, 0.4) is 0 Å². The number of amides is 1. The zero-order chi connectivity index (χ0) is 17.6. The molecule has 128 valence electrons. The molecule has 1 saturated heterocycles. The molecule has 0 spiro atoms. The number of anilines is 1. The van der Waals surface area contributed by atoms with Crippen molar-refractivity contribution in [1.82, 2.24) is 0 Å². The molecule has 0 bridgehead atoms. The maximum absolute atomic E-state index is 12.5. The van der Waals surface area contributed by atoms with Crippen molar-refractivity contribution in [2.45, 2.75) is 18.0 Å². The van der Waals surface area contributed by atoms with Gasteiger partial charge in [-0.05, 0) is 12.1 Å². The van der Waals surface area contributed by atoms with Gasteiger partial charge in [-0.25, -0.2) is 13.6 Å². The fourth-order valence-electron chi connectivity index (χ4n) is 2.12. The number of carbonyl (C=O) groups excluding carboxylic acids is 1. The standard InChI is InChI=1S/C11H9BrClF3N2O4S/c12-5-1-7(13)10(8(2-5)22-11(14,15)16)18-4-6(3-9(18)19)23(17,20)21/h1-2,6H,3-4H2,(H2,17,20,21). The summed E-state index contributed by atoms with van der Waals surface area (Å²) in [4.78, 5) is 12.8. The third-order valence-corrected chi connectivity index (χ3v) is 5.03. The van der Waals surface area contributed by atoms with Crippen molar-refractivity contribution in [3.63, 3.8) is 0 Å². The van der Waals surface area contributed by atoms with Crippen LogP contribution >= 0.6 is 27.5 Å². The second kappa shape index (κ2) is 6.11. The van der Waals surface area contributed by atoms with E-state index in [1.54, 1.807) is 0 Å². The number of hydrogen-bond acceptors (Lipinski definition) is 4. The first-order valence-corrected chi connectivity index (χ1v) is 8.73. The minimum atomic E-state index is -5.01. The average molecular weight is 438 g/mol. The SMILES string of the molecule is NS(=O)(=O)C1CC(=O)N(c2c(Cl)cc(Br)cc2OC(F)(F)F)C1. The van der Waals surface area contributed by atoms with Crippen LogP contribution in [0.25, 0.3) is 0 Å². The van der Waals surface area contributed by atoms with E-state index in [-0.39, 0.29) is 15.2 Å². The predicted octanol–water partition coefficient (Wildman–Crippen LogP) is 2.39. The lowest BCUT2D eigenvalue weighted by Crippen LogP contribution is -2.32. The number of hydrogen-bond donors (Lipinski definition) is 1. The van der Waals surface area contributed by atoms with Crippen molar-refractivity contribution >= 4 is 49.1 Å². The van der Waals surface area contributed by atoms with E-state index in [2.05, 4.69) is 20.7 Å². The number of alkyl halides is 3. The Balaban J connectivity index is 2.49. The number of halogens is 5. The van der Waals surface area contributed by atoms with Crippen molar-refractivity contribution in [2.75, 3.05) is 11.4 Å². The number of primary sulfonamides is 1. The lowest BCUT2D eigenvalue weighted by molar-refractivity contribution is -0.274. The first kappa shape index (κ1) is 18.3. The van der Waals surface area contributed by atoms with Gasteiger partial charge >= 0.3 is 6.36 Å². The van der Waals surface area contributed by atoms with E-state index in [9.17, 15) is 26.4 Å². The maximum atomic E-state index is 12.5. The van der Waals surface area contributed by atoms with Crippen molar-refractivity contribution in [2.24, 2.45) is 5.14 Å². The zero-order valence-corrected chi connectivity index (χ0v) is 14.3. The van der Waals surface area contributed by atoms with Gasteiger partial charge in [0.15, 0.2) is 5.75 Å². The predicted molar refractivity (Wildman–Crippen MR) is 79.7 cm³/mol. The van der Waals surface area contributed by atoms with Crippen molar-refractivity contribution in [1.29, 1.82) is 0 Å². The van der Waals surface area contributed by atoms with E-state index in [1.165, 1.54) is 6.07 Å².